The van der Waals surface area contributed by atoms with Gasteiger partial charge in [0.15, 0.2) is 0 Å². The Kier molecular flexibility index (Phi) is 4.00. The van der Waals surface area contributed by atoms with E-state index in [0.717, 1.165) is 6.42 Å². The molecule has 0 fully saturated rings. The van der Waals surface area contributed by atoms with E-state index in [4.69, 9.17) is 0 Å². The van der Waals surface area contributed by atoms with E-state index in [9.17, 15) is 0 Å². The van der Waals surface area contributed by atoms with Crippen LogP contribution < -0.4 is 0 Å². The van der Waals surface area contributed by atoms with Gasteiger partial charge in [0.25, 0.3) is 0 Å². The van der Waals surface area contributed by atoms with Crippen molar-refractivity contribution < 1.29 is 0 Å². The summed E-state index contributed by atoms with van der Waals surface area (Å²) >= 11 is 5.65. The SMILES string of the molecule is Cc1cccnc1CC(Br)c1cc(C)c(C)s1. The van der Waals surface area contributed by atoms with Gasteiger partial charge in [-0.15, -0.1) is 11.3 Å². The summed E-state index contributed by atoms with van der Waals surface area (Å²) in [4.78, 5) is 7.61. The largest absolute Gasteiger partial charge is 0.261 e. The number of hydrogen-bond donors (Lipinski definition) is 0. The van der Waals surface area contributed by atoms with Gasteiger partial charge >= 0.3 is 0 Å². The maximum Gasteiger partial charge on any atom is 0.0544 e. The van der Waals surface area contributed by atoms with Gasteiger partial charge in [-0.2, -0.15) is 0 Å². The van der Waals surface area contributed by atoms with E-state index in [0.29, 0.717) is 4.83 Å². The molecule has 1 unspecified atom stereocenters. The lowest BCUT2D eigenvalue weighted by molar-refractivity contribution is 0.905. The minimum atomic E-state index is 0.369. The van der Waals surface area contributed by atoms with Gasteiger partial charge in [-0.1, -0.05) is 22.0 Å². The molecular weight excluding hydrogens is 294 g/mol. The van der Waals surface area contributed by atoms with E-state index in [2.05, 4.69) is 53.8 Å². The molecule has 0 aliphatic carbocycles. The van der Waals surface area contributed by atoms with Crippen LogP contribution in [0.4, 0.5) is 0 Å². The molecule has 1 atom stereocenters. The number of thiophene rings is 1. The maximum atomic E-state index is 4.45. The number of alkyl halides is 1. The molecule has 1 nitrogen and oxygen atoms in total. The summed E-state index contributed by atoms with van der Waals surface area (Å²) in [6.07, 6.45) is 2.82. The first-order valence-electron chi connectivity index (χ1n) is 5.69. The molecule has 0 N–H and O–H groups in total. The Bertz CT molecular complexity index is 499. The maximum absolute atomic E-state index is 4.45. The summed E-state index contributed by atoms with van der Waals surface area (Å²) < 4.78 is 0. The van der Waals surface area contributed by atoms with Gasteiger partial charge in [-0.3, -0.25) is 4.98 Å². The van der Waals surface area contributed by atoms with Crippen molar-refractivity contribution in [2.45, 2.75) is 32.0 Å². The monoisotopic (exact) mass is 309 g/mol. The van der Waals surface area contributed by atoms with E-state index in [1.165, 1.54) is 26.6 Å². The summed E-state index contributed by atoms with van der Waals surface area (Å²) in [5.74, 6) is 0. The zero-order valence-corrected chi connectivity index (χ0v) is 12.7. The van der Waals surface area contributed by atoms with Crippen molar-refractivity contribution >= 4 is 27.3 Å². The van der Waals surface area contributed by atoms with Crippen LogP contribution in [-0.4, -0.2) is 4.98 Å². The van der Waals surface area contributed by atoms with Crippen LogP contribution in [-0.2, 0) is 6.42 Å². The first kappa shape index (κ1) is 12.8. The Morgan fingerprint density at radius 2 is 2.06 bits per heavy atom. The van der Waals surface area contributed by atoms with Crippen molar-refractivity contribution in [3.63, 3.8) is 0 Å². The average Bonchev–Trinajstić information content (AvgIpc) is 2.63. The van der Waals surface area contributed by atoms with Crippen LogP contribution in [0.25, 0.3) is 0 Å². The molecule has 0 spiro atoms. The molecule has 0 aliphatic rings. The molecule has 2 heterocycles. The van der Waals surface area contributed by atoms with Crippen LogP contribution in [0.3, 0.4) is 0 Å². The molecule has 0 amide bonds. The van der Waals surface area contributed by atoms with Gasteiger partial charge in [-0.25, -0.2) is 0 Å². The third-order valence-electron chi connectivity index (χ3n) is 2.98. The topological polar surface area (TPSA) is 12.9 Å². The Labute approximate surface area is 115 Å². The van der Waals surface area contributed by atoms with E-state index >= 15 is 0 Å². The van der Waals surface area contributed by atoms with Crippen molar-refractivity contribution in [3.8, 4) is 0 Å². The Hall–Kier alpha value is -0.670. The highest BCUT2D eigenvalue weighted by Gasteiger charge is 2.13. The zero-order chi connectivity index (χ0) is 12.4. The fraction of sp³-hybridized carbons (Fsp3) is 0.357. The molecule has 2 rings (SSSR count). The summed E-state index contributed by atoms with van der Waals surface area (Å²) in [5, 5.41) is 0. The number of aryl methyl sites for hydroxylation is 3. The summed E-state index contributed by atoms with van der Waals surface area (Å²) in [6.45, 7) is 6.46. The molecule has 0 bridgehead atoms. The van der Waals surface area contributed by atoms with Crippen molar-refractivity contribution in [2.75, 3.05) is 0 Å². The highest BCUT2D eigenvalue weighted by Crippen LogP contribution is 2.34. The van der Waals surface area contributed by atoms with Crippen LogP contribution in [0, 0.1) is 20.8 Å². The number of halogens is 1. The average molecular weight is 310 g/mol. The molecule has 0 radical (unpaired) electrons. The molecule has 0 aromatic carbocycles. The van der Waals surface area contributed by atoms with Crippen LogP contribution in [0.1, 0.15) is 31.4 Å². The third-order valence-corrected chi connectivity index (χ3v) is 5.37. The first-order chi connectivity index (χ1) is 8.08. The van der Waals surface area contributed by atoms with Crippen molar-refractivity contribution in [1.29, 1.82) is 0 Å². The van der Waals surface area contributed by atoms with Crippen LogP contribution in [0.2, 0.25) is 0 Å². The van der Waals surface area contributed by atoms with Crippen molar-refractivity contribution in [1.82, 2.24) is 4.98 Å². The molecular formula is C14H16BrNS. The lowest BCUT2D eigenvalue weighted by Gasteiger charge is -2.09. The third kappa shape index (κ3) is 2.96. The summed E-state index contributed by atoms with van der Waals surface area (Å²) in [5.41, 5.74) is 3.83. The second-order valence-corrected chi connectivity index (χ2v) is 6.72. The second kappa shape index (κ2) is 5.32. The highest BCUT2D eigenvalue weighted by molar-refractivity contribution is 9.09. The molecule has 0 saturated heterocycles. The van der Waals surface area contributed by atoms with E-state index in [-0.39, 0.29) is 0 Å². The van der Waals surface area contributed by atoms with Crippen molar-refractivity contribution in [3.05, 3.63) is 51.0 Å². The second-order valence-electron chi connectivity index (χ2n) is 4.33. The zero-order valence-electron chi connectivity index (χ0n) is 10.3. The molecule has 0 aliphatic heterocycles. The van der Waals surface area contributed by atoms with E-state index in [1.807, 2.05) is 23.6 Å². The first-order valence-corrected chi connectivity index (χ1v) is 7.42. The summed E-state index contributed by atoms with van der Waals surface area (Å²) in [7, 11) is 0. The van der Waals surface area contributed by atoms with Gasteiger partial charge in [0, 0.05) is 28.1 Å². The van der Waals surface area contributed by atoms with Gasteiger partial charge in [0.1, 0.15) is 0 Å². The number of pyridine rings is 1. The van der Waals surface area contributed by atoms with Gasteiger partial charge in [0.05, 0.1) is 4.83 Å². The Morgan fingerprint density at radius 3 is 2.65 bits per heavy atom. The quantitative estimate of drug-likeness (QED) is 0.746. The van der Waals surface area contributed by atoms with Crippen LogP contribution in [0.5, 0.6) is 0 Å². The molecule has 3 heteroatoms. The van der Waals surface area contributed by atoms with Crippen LogP contribution >= 0.6 is 27.3 Å². The standard InChI is InChI=1S/C14H16BrNS/c1-9-5-4-6-16-13(9)8-12(15)14-7-10(2)11(3)17-14/h4-7,12H,8H2,1-3H3. The minimum absolute atomic E-state index is 0.369. The lowest BCUT2D eigenvalue weighted by Crippen LogP contribution is -1.98. The minimum Gasteiger partial charge on any atom is -0.261 e. The number of aromatic nitrogens is 1. The number of rotatable bonds is 3. The molecule has 90 valence electrons. The van der Waals surface area contributed by atoms with Crippen molar-refractivity contribution in [2.24, 2.45) is 0 Å². The smallest absolute Gasteiger partial charge is 0.0544 e. The predicted molar refractivity (Wildman–Crippen MR) is 78.1 cm³/mol. The fourth-order valence-electron chi connectivity index (χ4n) is 1.76. The number of hydrogen-bond acceptors (Lipinski definition) is 2. The molecule has 0 saturated carbocycles. The fourth-order valence-corrected chi connectivity index (χ4v) is 3.50. The van der Waals surface area contributed by atoms with E-state index < -0.39 is 0 Å². The van der Waals surface area contributed by atoms with Gasteiger partial charge in [0.2, 0.25) is 0 Å². The van der Waals surface area contributed by atoms with Crippen LogP contribution in [0.15, 0.2) is 24.4 Å². The highest BCUT2D eigenvalue weighted by atomic mass is 79.9. The Balaban J connectivity index is 2.17. The van der Waals surface area contributed by atoms with E-state index in [1.54, 1.807) is 0 Å². The molecule has 17 heavy (non-hydrogen) atoms. The normalized spacial score (nSPS) is 12.7. The molecule has 2 aromatic heterocycles. The van der Waals surface area contributed by atoms with Gasteiger partial charge < -0.3 is 0 Å². The molecule has 2 aromatic rings. The predicted octanol–water partition coefficient (Wildman–Crippen LogP) is 4.75. The lowest BCUT2D eigenvalue weighted by atomic mass is 10.1. The van der Waals surface area contributed by atoms with Gasteiger partial charge in [-0.05, 0) is 44.0 Å². The summed E-state index contributed by atoms with van der Waals surface area (Å²) in [6, 6.07) is 6.38. The Morgan fingerprint density at radius 1 is 1.29 bits per heavy atom. The number of nitrogens with zero attached hydrogens (tertiary/aromatic N) is 1.